The van der Waals surface area contributed by atoms with Gasteiger partial charge in [0.1, 0.15) is 12.0 Å². The second-order valence-corrected chi connectivity index (χ2v) is 4.58. The van der Waals surface area contributed by atoms with Crippen LogP contribution in [0.25, 0.3) is 11.5 Å². The second-order valence-electron chi connectivity index (χ2n) is 4.58. The number of oxazole rings is 1. The number of carbonyl (C=O) groups excluding carboxylic acids is 1. The zero-order valence-corrected chi connectivity index (χ0v) is 11.5. The highest BCUT2D eigenvalue weighted by molar-refractivity contribution is 5.92. The molecule has 0 spiro atoms. The van der Waals surface area contributed by atoms with Gasteiger partial charge in [-0.3, -0.25) is 4.79 Å². The summed E-state index contributed by atoms with van der Waals surface area (Å²) < 4.78 is 7.08. The molecule has 0 aliphatic rings. The Hall–Kier alpha value is -2.89. The molecule has 1 amide bonds. The quantitative estimate of drug-likeness (QED) is 0.794. The van der Waals surface area contributed by atoms with Crippen molar-refractivity contribution in [3.8, 4) is 11.5 Å². The number of aryl methyl sites for hydroxylation is 1. The third-order valence-electron chi connectivity index (χ3n) is 3.05. The Morgan fingerprint density at radius 2 is 2.14 bits per heavy atom. The van der Waals surface area contributed by atoms with Gasteiger partial charge < -0.3 is 14.3 Å². The lowest BCUT2D eigenvalue weighted by atomic mass is 10.2. The maximum atomic E-state index is 11.9. The lowest BCUT2D eigenvalue weighted by molar-refractivity contribution is 0.0942. The molecule has 6 nitrogen and oxygen atoms in total. The van der Waals surface area contributed by atoms with Crippen LogP contribution < -0.4 is 5.32 Å². The maximum absolute atomic E-state index is 11.9. The molecule has 0 saturated heterocycles. The predicted octanol–water partition coefficient (Wildman–Crippen LogP) is 2.01. The summed E-state index contributed by atoms with van der Waals surface area (Å²) in [4.78, 5) is 20.2. The standard InChI is InChI=1S/C15H14N4O2/c1-19-10-16-8-13(19)14(20)17-7-12-9-21-15(18-12)11-5-3-2-4-6-11/h2-6,8-10H,7H2,1H3,(H,17,20). The highest BCUT2D eigenvalue weighted by Gasteiger charge is 2.11. The predicted molar refractivity (Wildman–Crippen MR) is 76.3 cm³/mol. The summed E-state index contributed by atoms with van der Waals surface area (Å²) in [5, 5.41) is 2.78. The van der Waals surface area contributed by atoms with Crippen molar-refractivity contribution in [2.45, 2.75) is 6.54 Å². The van der Waals surface area contributed by atoms with Crippen LogP contribution in [-0.4, -0.2) is 20.4 Å². The fraction of sp³-hybridized carbons (Fsp3) is 0.133. The highest BCUT2D eigenvalue weighted by atomic mass is 16.3. The van der Waals surface area contributed by atoms with Gasteiger partial charge in [0, 0.05) is 12.6 Å². The summed E-state index contributed by atoms with van der Waals surface area (Å²) >= 11 is 0. The minimum absolute atomic E-state index is 0.195. The average Bonchev–Trinajstić information content (AvgIpc) is 3.15. The Balaban J connectivity index is 1.66. The SMILES string of the molecule is Cn1cncc1C(=O)NCc1coc(-c2ccccc2)n1. The van der Waals surface area contributed by atoms with Gasteiger partial charge in [-0.15, -0.1) is 0 Å². The van der Waals surface area contributed by atoms with Crippen LogP contribution in [-0.2, 0) is 13.6 Å². The van der Waals surface area contributed by atoms with E-state index in [0.717, 1.165) is 5.56 Å². The summed E-state index contributed by atoms with van der Waals surface area (Å²) in [6.07, 6.45) is 4.65. The first-order valence-corrected chi connectivity index (χ1v) is 6.48. The Labute approximate surface area is 121 Å². The van der Waals surface area contributed by atoms with Gasteiger partial charge in [-0.25, -0.2) is 9.97 Å². The van der Waals surface area contributed by atoms with Crippen LogP contribution in [0, 0.1) is 0 Å². The van der Waals surface area contributed by atoms with Crippen LogP contribution in [0.5, 0.6) is 0 Å². The van der Waals surface area contributed by atoms with E-state index in [1.54, 1.807) is 24.2 Å². The van der Waals surface area contributed by atoms with Gasteiger partial charge in [0.2, 0.25) is 5.89 Å². The van der Waals surface area contributed by atoms with Gasteiger partial charge in [-0.2, -0.15) is 0 Å². The Morgan fingerprint density at radius 1 is 1.33 bits per heavy atom. The molecule has 0 fully saturated rings. The third-order valence-corrected chi connectivity index (χ3v) is 3.05. The molecule has 3 aromatic rings. The van der Waals surface area contributed by atoms with Gasteiger partial charge in [-0.05, 0) is 12.1 Å². The summed E-state index contributed by atoms with van der Waals surface area (Å²) in [6, 6.07) is 9.61. The number of imidazole rings is 1. The normalized spacial score (nSPS) is 10.5. The fourth-order valence-corrected chi connectivity index (χ4v) is 1.94. The van der Waals surface area contributed by atoms with Crippen molar-refractivity contribution in [3.63, 3.8) is 0 Å². The van der Waals surface area contributed by atoms with Crippen LogP contribution in [0.3, 0.4) is 0 Å². The molecule has 106 valence electrons. The van der Waals surface area contributed by atoms with Crippen molar-refractivity contribution in [1.82, 2.24) is 19.9 Å². The smallest absolute Gasteiger partial charge is 0.269 e. The minimum Gasteiger partial charge on any atom is -0.444 e. The van der Waals surface area contributed by atoms with Gasteiger partial charge in [0.15, 0.2) is 0 Å². The van der Waals surface area contributed by atoms with E-state index in [1.165, 1.54) is 6.20 Å². The maximum Gasteiger partial charge on any atom is 0.269 e. The number of rotatable bonds is 4. The van der Waals surface area contributed by atoms with E-state index in [4.69, 9.17) is 4.42 Å². The fourth-order valence-electron chi connectivity index (χ4n) is 1.94. The molecular formula is C15H14N4O2. The number of hydrogen-bond donors (Lipinski definition) is 1. The van der Waals surface area contributed by atoms with Gasteiger partial charge in [0.05, 0.1) is 24.8 Å². The zero-order valence-electron chi connectivity index (χ0n) is 11.5. The van der Waals surface area contributed by atoms with Crippen LogP contribution in [0.4, 0.5) is 0 Å². The summed E-state index contributed by atoms with van der Waals surface area (Å²) in [6.45, 7) is 0.306. The highest BCUT2D eigenvalue weighted by Crippen LogP contribution is 2.17. The van der Waals surface area contributed by atoms with E-state index in [1.807, 2.05) is 30.3 Å². The van der Waals surface area contributed by atoms with Crippen LogP contribution in [0.2, 0.25) is 0 Å². The van der Waals surface area contributed by atoms with Crippen molar-refractivity contribution in [2.75, 3.05) is 0 Å². The van der Waals surface area contributed by atoms with Crippen molar-refractivity contribution in [1.29, 1.82) is 0 Å². The molecule has 0 aliphatic heterocycles. The number of amides is 1. The molecule has 2 aromatic heterocycles. The molecule has 2 heterocycles. The van der Waals surface area contributed by atoms with Gasteiger partial charge in [-0.1, -0.05) is 18.2 Å². The molecule has 0 atom stereocenters. The van der Waals surface area contributed by atoms with Crippen LogP contribution in [0.15, 0.2) is 53.5 Å². The molecule has 3 rings (SSSR count). The van der Waals surface area contributed by atoms with Gasteiger partial charge in [0.25, 0.3) is 5.91 Å². The van der Waals surface area contributed by atoms with Crippen molar-refractivity contribution >= 4 is 5.91 Å². The first-order valence-electron chi connectivity index (χ1n) is 6.48. The molecule has 1 aromatic carbocycles. The first-order chi connectivity index (χ1) is 10.2. The van der Waals surface area contributed by atoms with E-state index in [-0.39, 0.29) is 5.91 Å². The van der Waals surface area contributed by atoms with Crippen molar-refractivity contribution < 1.29 is 9.21 Å². The molecule has 6 heteroatoms. The molecule has 0 unspecified atom stereocenters. The second kappa shape index (κ2) is 5.62. The molecule has 0 aliphatic carbocycles. The van der Waals surface area contributed by atoms with E-state index in [2.05, 4.69) is 15.3 Å². The Kier molecular flexibility index (Phi) is 3.51. The number of carbonyl (C=O) groups is 1. The lowest BCUT2D eigenvalue weighted by Gasteiger charge is -2.02. The summed E-state index contributed by atoms with van der Waals surface area (Å²) in [5.74, 6) is 0.347. The summed E-state index contributed by atoms with van der Waals surface area (Å²) in [7, 11) is 1.77. The lowest BCUT2D eigenvalue weighted by Crippen LogP contribution is -2.24. The Bertz CT molecular complexity index is 746. The van der Waals surface area contributed by atoms with Crippen LogP contribution in [0.1, 0.15) is 16.2 Å². The molecular weight excluding hydrogens is 268 g/mol. The summed E-state index contributed by atoms with van der Waals surface area (Å²) in [5.41, 5.74) is 2.08. The van der Waals surface area contributed by atoms with E-state index in [0.29, 0.717) is 23.8 Å². The molecule has 21 heavy (non-hydrogen) atoms. The zero-order chi connectivity index (χ0) is 14.7. The average molecular weight is 282 g/mol. The van der Waals surface area contributed by atoms with Crippen molar-refractivity contribution in [3.05, 3.63) is 60.5 Å². The topological polar surface area (TPSA) is 73.0 Å². The largest absolute Gasteiger partial charge is 0.444 e. The number of nitrogens with zero attached hydrogens (tertiary/aromatic N) is 3. The molecule has 0 bridgehead atoms. The molecule has 0 radical (unpaired) electrons. The van der Waals surface area contributed by atoms with Crippen molar-refractivity contribution in [2.24, 2.45) is 7.05 Å². The minimum atomic E-state index is -0.195. The van der Waals surface area contributed by atoms with E-state index in [9.17, 15) is 4.79 Å². The molecule has 0 saturated carbocycles. The number of hydrogen-bond acceptors (Lipinski definition) is 4. The first kappa shape index (κ1) is 13.1. The monoisotopic (exact) mass is 282 g/mol. The van der Waals surface area contributed by atoms with E-state index >= 15 is 0 Å². The van der Waals surface area contributed by atoms with Gasteiger partial charge >= 0.3 is 0 Å². The number of nitrogens with one attached hydrogen (secondary N) is 1. The van der Waals surface area contributed by atoms with Crippen LogP contribution >= 0.6 is 0 Å². The number of benzene rings is 1. The Morgan fingerprint density at radius 3 is 2.86 bits per heavy atom. The van der Waals surface area contributed by atoms with E-state index < -0.39 is 0 Å². The third kappa shape index (κ3) is 2.84. The number of aromatic nitrogens is 3. The molecule has 1 N–H and O–H groups in total.